The molecule has 0 amide bonds. The van der Waals surface area contributed by atoms with Crippen LogP contribution in [0.1, 0.15) is 20.3 Å². The van der Waals surface area contributed by atoms with Crippen LogP contribution in [0.2, 0.25) is 0 Å². The quantitative estimate of drug-likeness (QED) is 0.587. The van der Waals surface area contributed by atoms with Crippen LogP contribution in [-0.2, 0) is 0 Å². The molecular weight excluding hydrogens is 160 g/mol. The first-order valence-corrected chi connectivity index (χ1v) is 4.60. The molecule has 0 fully saturated rings. The summed E-state index contributed by atoms with van der Waals surface area (Å²) in [5.41, 5.74) is 0. The molecule has 0 saturated carbocycles. The zero-order valence-electron chi connectivity index (χ0n) is 8.07. The fourth-order valence-electron chi connectivity index (χ4n) is 1.10. The van der Waals surface area contributed by atoms with Crippen LogP contribution in [0, 0.1) is 0 Å². The largest absolute Gasteiger partial charge is 0.159 e. The summed E-state index contributed by atoms with van der Waals surface area (Å²) in [5.74, 6) is 0. The SMILES string of the molecule is C1=CCC=c2cnncc2=C1.CC. The lowest BCUT2D eigenvalue weighted by Crippen LogP contribution is -2.24. The first-order valence-electron chi connectivity index (χ1n) is 4.60. The van der Waals surface area contributed by atoms with Crippen molar-refractivity contribution in [3.8, 4) is 0 Å². The van der Waals surface area contributed by atoms with Gasteiger partial charge in [0.05, 0.1) is 12.4 Å². The molecule has 0 aromatic carbocycles. The molecule has 1 aromatic rings. The van der Waals surface area contributed by atoms with Crippen LogP contribution in [0.3, 0.4) is 0 Å². The molecule has 13 heavy (non-hydrogen) atoms. The topological polar surface area (TPSA) is 25.8 Å². The van der Waals surface area contributed by atoms with Gasteiger partial charge >= 0.3 is 0 Å². The normalized spacial score (nSPS) is 12.5. The number of nitrogens with zero attached hydrogens (tertiary/aromatic N) is 2. The zero-order valence-corrected chi connectivity index (χ0v) is 8.07. The van der Waals surface area contributed by atoms with E-state index in [0.29, 0.717) is 0 Å². The lowest BCUT2D eigenvalue weighted by atomic mass is 10.3. The molecule has 0 radical (unpaired) electrons. The summed E-state index contributed by atoms with van der Waals surface area (Å²) in [7, 11) is 0. The van der Waals surface area contributed by atoms with Crippen molar-refractivity contribution < 1.29 is 0 Å². The van der Waals surface area contributed by atoms with E-state index in [1.165, 1.54) is 5.22 Å². The van der Waals surface area contributed by atoms with Crippen LogP contribution in [0.4, 0.5) is 0 Å². The van der Waals surface area contributed by atoms with E-state index < -0.39 is 0 Å². The Kier molecular flexibility index (Phi) is 3.89. The standard InChI is InChI=1S/C9H8N2.C2H6/c1-2-4-8-6-10-11-7-9(8)5-3-1;1-2/h1-2,4-7H,3H2;1-2H3. The molecule has 0 atom stereocenters. The van der Waals surface area contributed by atoms with Crippen molar-refractivity contribution in [2.45, 2.75) is 20.3 Å². The number of aromatic nitrogens is 2. The van der Waals surface area contributed by atoms with Crippen LogP contribution in [0.15, 0.2) is 24.5 Å². The predicted molar refractivity (Wildman–Crippen MR) is 55.3 cm³/mol. The highest BCUT2D eigenvalue weighted by Gasteiger charge is 1.86. The van der Waals surface area contributed by atoms with Crippen LogP contribution in [-0.4, -0.2) is 10.2 Å². The van der Waals surface area contributed by atoms with Gasteiger partial charge in [-0.15, -0.1) is 0 Å². The first kappa shape index (κ1) is 9.65. The molecule has 1 aromatic heterocycles. The van der Waals surface area contributed by atoms with Crippen molar-refractivity contribution in [1.82, 2.24) is 10.2 Å². The second-order valence-electron chi connectivity index (χ2n) is 2.43. The Morgan fingerprint density at radius 1 is 1.08 bits per heavy atom. The smallest absolute Gasteiger partial charge is 0.0574 e. The van der Waals surface area contributed by atoms with Crippen molar-refractivity contribution in [3.63, 3.8) is 0 Å². The molecule has 1 heterocycles. The average Bonchev–Trinajstić information content (AvgIpc) is 2.45. The van der Waals surface area contributed by atoms with Gasteiger partial charge in [0.1, 0.15) is 0 Å². The van der Waals surface area contributed by atoms with Crippen molar-refractivity contribution in [2.24, 2.45) is 0 Å². The second kappa shape index (κ2) is 5.25. The van der Waals surface area contributed by atoms with Gasteiger partial charge < -0.3 is 0 Å². The summed E-state index contributed by atoms with van der Waals surface area (Å²) in [4.78, 5) is 0. The second-order valence-corrected chi connectivity index (χ2v) is 2.43. The summed E-state index contributed by atoms with van der Waals surface area (Å²) in [6, 6.07) is 0. The maximum absolute atomic E-state index is 3.81. The summed E-state index contributed by atoms with van der Waals surface area (Å²) in [6.45, 7) is 4.00. The van der Waals surface area contributed by atoms with E-state index in [2.05, 4.69) is 22.3 Å². The van der Waals surface area contributed by atoms with Crippen molar-refractivity contribution >= 4 is 12.2 Å². The van der Waals surface area contributed by atoms with E-state index in [9.17, 15) is 0 Å². The highest BCUT2D eigenvalue weighted by atomic mass is 15.1. The van der Waals surface area contributed by atoms with Gasteiger partial charge in [0.25, 0.3) is 0 Å². The minimum absolute atomic E-state index is 0.981. The molecule has 0 unspecified atom stereocenters. The van der Waals surface area contributed by atoms with Crippen LogP contribution in [0.5, 0.6) is 0 Å². The summed E-state index contributed by atoms with van der Waals surface area (Å²) in [5, 5.41) is 9.93. The van der Waals surface area contributed by atoms with Crippen molar-refractivity contribution in [2.75, 3.05) is 0 Å². The Balaban J connectivity index is 0.000000396. The Hall–Kier alpha value is -1.44. The average molecular weight is 174 g/mol. The third kappa shape index (κ3) is 2.51. The maximum atomic E-state index is 3.81. The Bertz CT molecular complexity index is 391. The van der Waals surface area contributed by atoms with E-state index in [4.69, 9.17) is 0 Å². The van der Waals surface area contributed by atoms with Crippen LogP contribution >= 0.6 is 0 Å². The Labute approximate surface area is 78.3 Å². The zero-order chi connectivity index (χ0) is 9.52. The number of hydrogen-bond donors (Lipinski definition) is 0. The van der Waals surface area contributed by atoms with Gasteiger partial charge in [-0.05, 0) is 11.6 Å². The van der Waals surface area contributed by atoms with E-state index in [-0.39, 0.29) is 0 Å². The van der Waals surface area contributed by atoms with E-state index >= 15 is 0 Å². The van der Waals surface area contributed by atoms with Crippen LogP contribution < -0.4 is 10.4 Å². The third-order valence-electron chi connectivity index (χ3n) is 1.68. The molecule has 1 aliphatic rings. The Morgan fingerprint density at radius 2 is 1.77 bits per heavy atom. The van der Waals surface area contributed by atoms with E-state index in [0.717, 1.165) is 11.6 Å². The van der Waals surface area contributed by atoms with Gasteiger partial charge in [0.2, 0.25) is 0 Å². The summed E-state index contributed by atoms with van der Waals surface area (Å²) in [6.07, 6.45) is 12.9. The molecular formula is C11H14N2. The molecule has 0 aliphatic heterocycles. The van der Waals surface area contributed by atoms with Crippen molar-refractivity contribution in [3.05, 3.63) is 35.0 Å². The minimum Gasteiger partial charge on any atom is -0.159 e. The fraction of sp³-hybridized carbons (Fsp3) is 0.273. The fourth-order valence-corrected chi connectivity index (χ4v) is 1.10. The number of rotatable bonds is 0. The van der Waals surface area contributed by atoms with Gasteiger partial charge in [-0.3, -0.25) is 0 Å². The molecule has 2 nitrogen and oxygen atoms in total. The highest BCUT2D eigenvalue weighted by Crippen LogP contribution is 1.86. The summed E-state index contributed by atoms with van der Waals surface area (Å²) >= 11 is 0. The number of allylic oxidation sites excluding steroid dienone is 2. The molecule has 0 bridgehead atoms. The van der Waals surface area contributed by atoms with Crippen molar-refractivity contribution in [1.29, 1.82) is 0 Å². The highest BCUT2D eigenvalue weighted by molar-refractivity contribution is 5.42. The lowest BCUT2D eigenvalue weighted by Gasteiger charge is -1.83. The lowest BCUT2D eigenvalue weighted by molar-refractivity contribution is 1.01. The van der Waals surface area contributed by atoms with Gasteiger partial charge in [-0.1, -0.05) is 38.2 Å². The van der Waals surface area contributed by atoms with E-state index in [1.807, 2.05) is 26.0 Å². The third-order valence-corrected chi connectivity index (χ3v) is 1.68. The molecule has 1 aliphatic carbocycles. The molecule has 2 rings (SSSR count). The number of fused-ring (bicyclic) bond motifs is 1. The predicted octanol–water partition coefficient (Wildman–Crippen LogP) is 1.02. The van der Waals surface area contributed by atoms with Gasteiger partial charge in [0.15, 0.2) is 0 Å². The molecule has 2 heteroatoms. The minimum atomic E-state index is 0.981. The molecule has 68 valence electrons. The van der Waals surface area contributed by atoms with Gasteiger partial charge in [-0.2, -0.15) is 10.2 Å². The van der Waals surface area contributed by atoms with Gasteiger partial charge in [-0.25, -0.2) is 0 Å². The monoisotopic (exact) mass is 174 g/mol. The Morgan fingerprint density at radius 3 is 2.54 bits per heavy atom. The van der Waals surface area contributed by atoms with E-state index in [1.54, 1.807) is 12.4 Å². The maximum Gasteiger partial charge on any atom is 0.0574 e. The summed E-state index contributed by atoms with van der Waals surface area (Å²) < 4.78 is 0. The van der Waals surface area contributed by atoms with Crippen LogP contribution in [0.25, 0.3) is 12.2 Å². The first-order chi connectivity index (χ1) is 6.47. The number of hydrogen-bond acceptors (Lipinski definition) is 2. The molecule has 0 N–H and O–H groups in total. The van der Waals surface area contributed by atoms with Gasteiger partial charge in [0, 0.05) is 5.22 Å². The molecule has 0 spiro atoms. The molecule has 0 saturated heterocycles.